The van der Waals surface area contributed by atoms with Crippen LogP contribution in [0.4, 0.5) is 17.1 Å². The maximum Gasteiger partial charge on any atom is 0.0601 e. The van der Waals surface area contributed by atoms with Crippen LogP contribution in [0.2, 0.25) is 0 Å². The van der Waals surface area contributed by atoms with Gasteiger partial charge in [-0.25, -0.2) is 0 Å². The first-order valence-electron chi connectivity index (χ1n) is 8.47. The highest BCUT2D eigenvalue weighted by molar-refractivity contribution is 7.99. The highest BCUT2D eigenvalue weighted by Gasteiger charge is 2.24. The monoisotopic (exact) mass is 331 g/mol. The highest BCUT2D eigenvalue weighted by atomic mass is 32.2. The van der Waals surface area contributed by atoms with Crippen molar-refractivity contribution in [2.75, 3.05) is 4.90 Å². The lowest BCUT2D eigenvalue weighted by Crippen LogP contribution is -2.15. The fourth-order valence-corrected chi connectivity index (χ4v) is 4.38. The molecule has 0 N–H and O–H groups in total. The average Bonchev–Trinajstić information content (AvgIpc) is 2.60. The number of para-hydroxylation sites is 2. The lowest BCUT2D eigenvalue weighted by molar-refractivity contribution is 0.646. The second-order valence-corrected chi connectivity index (χ2v) is 7.72. The van der Waals surface area contributed by atoms with E-state index >= 15 is 0 Å². The summed E-state index contributed by atoms with van der Waals surface area (Å²) in [4.78, 5) is 5.03. The van der Waals surface area contributed by atoms with E-state index in [2.05, 4.69) is 91.5 Å². The summed E-state index contributed by atoms with van der Waals surface area (Å²) in [5.41, 5.74) is 5.17. The van der Waals surface area contributed by atoms with E-state index < -0.39 is 0 Å². The van der Waals surface area contributed by atoms with Crippen molar-refractivity contribution in [3.63, 3.8) is 0 Å². The zero-order valence-corrected chi connectivity index (χ0v) is 14.9. The van der Waals surface area contributed by atoms with Crippen molar-refractivity contribution in [2.24, 2.45) is 5.92 Å². The quantitative estimate of drug-likeness (QED) is 0.405. The van der Waals surface area contributed by atoms with Gasteiger partial charge in [0.2, 0.25) is 0 Å². The van der Waals surface area contributed by atoms with E-state index in [4.69, 9.17) is 0 Å². The molecule has 24 heavy (non-hydrogen) atoms. The minimum Gasteiger partial charge on any atom is -0.308 e. The maximum atomic E-state index is 2.38. The number of nitrogens with zero attached hydrogens (tertiary/aromatic N) is 1. The van der Waals surface area contributed by atoms with Gasteiger partial charge in [-0.2, -0.15) is 0 Å². The number of benzene rings is 3. The fraction of sp³-hybridized carbons (Fsp3) is 0.182. The molecule has 3 aromatic carbocycles. The molecule has 1 heterocycles. The average molecular weight is 331 g/mol. The number of fused-ring (bicyclic) bond motifs is 2. The zero-order valence-electron chi connectivity index (χ0n) is 14.1. The largest absolute Gasteiger partial charge is 0.308 e. The number of hydrogen-bond acceptors (Lipinski definition) is 2. The minimum absolute atomic E-state index is 0.675. The predicted molar refractivity (Wildman–Crippen MR) is 104 cm³/mol. The van der Waals surface area contributed by atoms with Gasteiger partial charge >= 0.3 is 0 Å². The third kappa shape index (κ3) is 2.83. The van der Waals surface area contributed by atoms with Crippen LogP contribution in [-0.2, 0) is 6.42 Å². The number of anilines is 3. The molecule has 3 aromatic rings. The van der Waals surface area contributed by atoms with Crippen LogP contribution in [-0.4, -0.2) is 0 Å². The summed E-state index contributed by atoms with van der Waals surface area (Å²) in [5, 5.41) is 0. The molecule has 0 fully saturated rings. The van der Waals surface area contributed by atoms with E-state index in [9.17, 15) is 0 Å². The lowest BCUT2D eigenvalue weighted by Gasteiger charge is -2.33. The molecule has 0 saturated heterocycles. The molecule has 1 aliphatic heterocycles. The summed E-state index contributed by atoms with van der Waals surface area (Å²) < 4.78 is 0. The van der Waals surface area contributed by atoms with Crippen LogP contribution in [0, 0.1) is 5.92 Å². The van der Waals surface area contributed by atoms with E-state index in [0.29, 0.717) is 5.92 Å². The summed E-state index contributed by atoms with van der Waals surface area (Å²) in [7, 11) is 0. The van der Waals surface area contributed by atoms with Crippen molar-refractivity contribution >= 4 is 28.8 Å². The van der Waals surface area contributed by atoms with Gasteiger partial charge < -0.3 is 4.90 Å². The van der Waals surface area contributed by atoms with Gasteiger partial charge in [0, 0.05) is 15.5 Å². The molecular formula is C22H21NS. The van der Waals surface area contributed by atoms with Crippen molar-refractivity contribution in [3.05, 3.63) is 78.4 Å². The summed E-state index contributed by atoms with van der Waals surface area (Å²) in [6, 6.07) is 26.2. The van der Waals surface area contributed by atoms with Crippen molar-refractivity contribution in [3.8, 4) is 0 Å². The van der Waals surface area contributed by atoms with Crippen LogP contribution >= 0.6 is 11.8 Å². The Morgan fingerprint density at radius 3 is 2.29 bits per heavy atom. The zero-order chi connectivity index (χ0) is 16.5. The normalized spacial score (nSPS) is 12.9. The van der Waals surface area contributed by atoms with Crippen LogP contribution in [0.1, 0.15) is 19.4 Å². The number of hydrogen-bond donors (Lipinski definition) is 0. The first-order valence-corrected chi connectivity index (χ1v) is 9.29. The molecule has 1 aliphatic rings. The third-order valence-corrected chi connectivity index (χ3v) is 5.36. The first-order chi connectivity index (χ1) is 11.7. The van der Waals surface area contributed by atoms with Crippen molar-refractivity contribution in [2.45, 2.75) is 30.1 Å². The topological polar surface area (TPSA) is 3.24 Å². The first kappa shape index (κ1) is 15.3. The van der Waals surface area contributed by atoms with Crippen LogP contribution in [0.25, 0.3) is 0 Å². The molecular weight excluding hydrogens is 310 g/mol. The Labute approximate surface area is 148 Å². The second kappa shape index (κ2) is 6.37. The third-order valence-electron chi connectivity index (χ3n) is 4.25. The standard InChI is InChI=1S/C22H21NS/c1-16(2)14-17-12-13-20-22(15-17)24-21-11-7-6-10-19(21)23(20)18-8-4-3-5-9-18/h3-13,15-16H,14H2,1-2H3. The highest BCUT2D eigenvalue weighted by Crippen LogP contribution is 2.51. The Morgan fingerprint density at radius 2 is 1.50 bits per heavy atom. The van der Waals surface area contributed by atoms with Gasteiger partial charge in [0.25, 0.3) is 0 Å². The summed E-state index contributed by atoms with van der Waals surface area (Å²) in [5.74, 6) is 0.675. The molecule has 120 valence electrons. The van der Waals surface area contributed by atoms with Gasteiger partial charge in [0.1, 0.15) is 0 Å². The molecule has 0 spiro atoms. The van der Waals surface area contributed by atoms with Gasteiger partial charge in [-0.15, -0.1) is 0 Å². The smallest absolute Gasteiger partial charge is 0.0601 e. The molecule has 0 aliphatic carbocycles. The Morgan fingerprint density at radius 1 is 0.792 bits per heavy atom. The van der Waals surface area contributed by atoms with Crippen LogP contribution in [0.5, 0.6) is 0 Å². The molecule has 0 aromatic heterocycles. The van der Waals surface area contributed by atoms with E-state index in [1.54, 1.807) is 0 Å². The van der Waals surface area contributed by atoms with Gasteiger partial charge in [0.15, 0.2) is 0 Å². The van der Waals surface area contributed by atoms with Gasteiger partial charge in [0.05, 0.1) is 11.4 Å². The predicted octanol–water partition coefficient (Wildman–Crippen LogP) is 6.82. The Kier molecular flexibility index (Phi) is 4.07. The Hall–Kier alpha value is -2.19. The molecule has 0 atom stereocenters. The summed E-state index contributed by atoms with van der Waals surface area (Å²) in [6.45, 7) is 4.55. The Balaban J connectivity index is 1.85. The molecule has 0 saturated carbocycles. The van der Waals surface area contributed by atoms with Crippen LogP contribution in [0.15, 0.2) is 82.6 Å². The van der Waals surface area contributed by atoms with Crippen LogP contribution in [0.3, 0.4) is 0 Å². The maximum absolute atomic E-state index is 2.38. The summed E-state index contributed by atoms with van der Waals surface area (Å²) >= 11 is 1.88. The second-order valence-electron chi connectivity index (χ2n) is 6.64. The summed E-state index contributed by atoms with van der Waals surface area (Å²) in [6.07, 6.45) is 1.13. The lowest BCUT2D eigenvalue weighted by atomic mass is 10.0. The van der Waals surface area contributed by atoms with Crippen molar-refractivity contribution < 1.29 is 0 Å². The van der Waals surface area contributed by atoms with E-state index in [1.807, 2.05) is 11.8 Å². The molecule has 0 bridgehead atoms. The van der Waals surface area contributed by atoms with E-state index in [-0.39, 0.29) is 0 Å². The van der Waals surface area contributed by atoms with Crippen LogP contribution < -0.4 is 4.90 Å². The molecule has 0 unspecified atom stereocenters. The molecule has 2 heteroatoms. The molecule has 0 amide bonds. The molecule has 0 radical (unpaired) electrons. The SMILES string of the molecule is CC(C)Cc1ccc2c(c1)Sc1ccccc1N2c1ccccc1. The number of rotatable bonds is 3. The minimum atomic E-state index is 0.675. The molecule has 4 rings (SSSR count). The van der Waals surface area contributed by atoms with E-state index in [0.717, 1.165) is 6.42 Å². The van der Waals surface area contributed by atoms with Gasteiger partial charge in [-0.3, -0.25) is 0 Å². The van der Waals surface area contributed by atoms with Crippen molar-refractivity contribution in [1.29, 1.82) is 0 Å². The van der Waals surface area contributed by atoms with Crippen molar-refractivity contribution in [1.82, 2.24) is 0 Å². The van der Waals surface area contributed by atoms with E-state index in [1.165, 1.54) is 32.4 Å². The molecule has 1 nitrogen and oxygen atoms in total. The van der Waals surface area contributed by atoms with Gasteiger partial charge in [-0.05, 0) is 54.3 Å². The fourth-order valence-electron chi connectivity index (χ4n) is 3.26. The Bertz CT molecular complexity index is 855. The van der Waals surface area contributed by atoms with Gasteiger partial charge in [-0.1, -0.05) is 62.0 Å².